The molecule has 23 heavy (non-hydrogen) atoms. The van der Waals surface area contributed by atoms with E-state index in [1.807, 2.05) is 19.2 Å². The number of nitrogens with zero attached hydrogens (tertiary/aromatic N) is 1. The zero-order chi connectivity index (χ0) is 16.4. The third-order valence-corrected chi connectivity index (χ3v) is 4.42. The molecule has 0 amide bonds. The molecule has 0 aromatic heterocycles. The quantitative estimate of drug-likeness (QED) is 0.517. The van der Waals surface area contributed by atoms with Gasteiger partial charge in [-0.05, 0) is 65.4 Å². The summed E-state index contributed by atoms with van der Waals surface area (Å²) in [5.74, 6) is 0. The van der Waals surface area contributed by atoms with Gasteiger partial charge in [-0.3, -0.25) is 4.42 Å². The highest BCUT2D eigenvalue weighted by Crippen LogP contribution is 2.32. The van der Waals surface area contributed by atoms with E-state index in [2.05, 4.69) is 68.4 Å². The van der Waals surface area contributed by atoms with Crippen molar-refractivity contribution in [2.45, 2.75) is 13.8 Å². The van der Waals surface area contributed by atoms with Crippen molar-refractivity contribution in [1.82, 2.24) is 0 Å². The second kappa shape index (κ2) is 6.47. The normalized spacial score (nSPS) is 10.6. The summed E-state index contributed by atoms with van der Waals surface area (Å²) in [6.07, 6.45) is 0. The van der Waals surface area contributed by atoms with Crippen molar-refractivity contribution in [2.24, 2.45) is 0 Å². The molecule has 0 bridgehead atoms. The minimum absolute atomic E-state index is 0.988. The Morgan fingerprint density at radius 2 is 1.30 bits per heavy atom. The van der Waals surface area contributed by atoms with Gasteiger partial charge in [-0.25, -0.2) is 0 Å². The lowest BCUT2D eigenvalue weighted by molar-refractivity contribution is 1.34. The van der Waals surface area contributed by atoms with Gasteiger partial charge in [-0.15, -0.1) is 0 Å². The molecule has 0 unspecified atom stereocenters. The van der Waals surface area contributed by atoms with Gasteiger partial charge in [0.05, 0.1) is 5.69 Å². The zero-order valence-corrected chi connectivity index (χ0v) is 14.4. The second-order valence-electron chi connectivity index (χ2n) is 5.87. The molecule has 3 rings (SSSR count). The average molecular weight is 322 g/mol. The summed E-state index contributed by atoms with van der Waals surface area (Å²) in [5, 5.41) is 0. The number of hydrogen-bond donors (Lipinski definition) is 0. The molecule has 3 aromatic rings. The smallest absolute Gasteiger partial charge is 0.0520 e. The first-order valence-corrected chi connectivity index (χ1v) is 8.06. The minimum Gasteiger partial charge on any atom is -0.288 e. The van der Waals surface area contributed by atoms with Crippen molar-refractivity contribution >= 4 is 17.5 Å². The van der Waals surface area contributed by atoms with E-state index >= 15 is 0 Å². The minimum atomic E-state index is 0.988. The zero-order valence-electron chi connectivity index (χ0n) is 13.7. The molecule has 2 heteroatoms. The predicted molar refractivity (Wildman–Crippen MR) is 101 cm³/mol. The topological polar surface area (TPSA) is 3.24 Å². The van der Waals surface area contributed by atoms with Crippen molar-refractivity contribution in [3.8, 4) is 22.3 Å². The van der Waals surface area contributed by atoms with Gasteiger partial charge in [0.15, 0.2) is 0 Å². The third-order valence-electron chi connectivity index (χ3n) is 4.23. The summed E-state index contributed by atoms with van der Waals surface area (Å²) < 4.78 is 1.59. The Morgan fingerprint density at radius 3 is 1.96 bits per heavy atom. The Hall–Kier alpha value is -2.25. The number of rotatable bonds is 3. The van der Waals surface area contributed by atoms with Gasteiger partial charge in [-0.1, -0.05) is 48.5 Å². The number of anilines is 1. The summed E-state index contributed by atoms with van der Waals surface area (Å²) in [4.78, 5) is 0. The van der Waals surface area contributed by atoms with Crippen LogP contribution in [-0.2, 0) is 0 Å². The van der Waals surface area contributed by atoms with Crippen LogP contribution in [0, 0.1) is 13.8 Å². The molecule has 0 spiro atoms. The molecule has 1 nitrogen and oxygen atoms in total. The number of benzene rings is 3. The maximum atomic E-state index is 5.98. The first-order valence-electron chi connectivity index (χ1n) is 7.73. The van der Waals surface area contributed by atoms with Crippen LogP contribution in [0.15, 0.2) is 66.7 Å². The summed E-state index contributed by atoms with van der Waals surface area (Å²) in [6, 6.07) is 23.5. The molecular weight excluding hydrogens is 302 g/mol. The van der Waals surface area contributed by atoms with Crippen LogP contribution in [0.1, 0.15) is 11.1 Å². The van der Waals surface area contributed by atoms with Crippen LogP contribution in [0.2, 0.25) is 0 Å². The molecule has 0 saturated heterocycles. The van der Waals surface area contributed by atoms with Gasteiger partial charge < -0.3 is 0 Å². The lowest BCUT2D eigenvalue weighted by Crippen LogP contribution is -1.99. The number of hydrogen-bond acceptors (Lipinski definition) is 1. The van der Waals surface area contributed by atoms with Gasteiger partial charge in [0.25, 0.3) is 0 Å². The molecule has 0 aliphatic rings. The maximum Gasteiger partial charge on any atom is 0.0520 e. The van der Waals surface area contributed by atoms with E-state index in [9.17, 15) is 0 Å². The Morgan fingerprint density at radius 1 is 0.696 bits per heavy atom. The highest BCUT2D eigenvalue weighted by atomic mass is 35.5. The Bertz CT molecular complexity index is 820. The van der Waals surface area contributed by atoms with E-state index in [1.165, 1.54) is 33.4 Å². The molecule has 0 aliphatic carbocycles. The predicted octanol–water partition coefficient (Wildman–Crippen LogP) is 6.23. The Labute approximate surface area is 143 Å². The van der Waals surface area contributed by atoms with Crippen molar-refractivity contribution in [3.63, 3.8) is 0 Å². The molecule has 0 atom stereocenters. The molecule has 0 N–H and O–H groups in total. The van der Waals surface area contributed by atoms with Crippen LogP contribution in [0.3, 0.4) is 0 Å². The lowest BCUT2D eigenvalue weighted by Gasteiger charge is -2.13. The third kappa shape index (κ3) is 3.25. The fraction of sp³-hybridized carbons (Fsp3) is 0.143. The fourth-order valence-electron chi connectivity index (χ4n) is 2.83. The van der Waals surface area contributed by atoms with E-state index in [1.54, 1.807) is 4.42 Å². The first-order chi connectivity index (χ1) is 11.1. The van der Waals surface area contributed by atoms with Crippen LogP contribution in [0.5, 0.6) is 0 Å². The summed E-state index contributed by atoms with van der Waals surface area (Å²) >= 11 is 5.98. The highest BCUT2D eigenvalue weighted by Gasteiger charge is 2.07. The van der Waals surface area contributed by atoms with Gasteiger partial charge in [0.1, 0.15) is 0 Å². The van der Waals surface area contributed by atoms with Crippen LogP contribution in [0.25, 0.3) is 22.3 Å². The Balaban J connectivity index is 2.05. The highest BCUT2D eigenvalue weighted by molar-refractivity contribution is 6.25. The largest absolute Gasteiger partial charge is 0.288 e. The second-order valence-corrected chi connectivity index (χ2v) is 6.38. The summed E-state index contributed by atoms with van der Waals surface area (Å²) in [6.45, 7) is 4.32. The molecule has 0 saturated carbocycles. The van der Waals surface area contributed by atoms with Gasteiger partial charge in [0, 0.05) is 18.8 Å². The van der Waals surface area contributed by atoms with Crippen molar-refractivity contribution < 1.29 is 0 Å². The van der Waals surface area contributed by atoms with E-state index < -0.39 is 0 Å². The molecule has 3 aromatic carbocycles. The van der Waals surface area contributed by atoms with Crippen LogP contribution in [-0.4, -0.2) is 7.05 Å². The molecular formula is C21H20ClN. The van der Waals surface area contributed by atoms with E-state index in [4.69, 9.17) is 11.8 Å². The Kier molecular flexibility index (Phi) is 4.40. The van der Waals surface area contributed by atoms with Gasteiger partial charge >= 0.3 is 0 Å². The van der Waals surface area contributed by atoms with Crippen molar-refractivity contribution in [1.29, 1.82) is 0 Å². The molecule has 0 heterocycles. The maximum absolute atomic E-state index is 5.98. The van der Waals surface area contributed by atoms with Gasteiger partial charge in [-0.2, -0.15) is 0 Å². The first kappa shape index (κ1) is 15.6. The number of halogens is 1. The van der Waals surface area contributed by atoms with E-state index in [0.29, 0.717) is 0 Å². The number of aryl methyl sites for hydroxylation is 2. The molecule has 0 radical (unpaired) electrons. The van der Waals surface area contributed by atoms with Crippen LogP contribution in [0.4, 0.5) is 5.69 Å². The summed E-state index contributed by atoms with van der Waals surface area (Å²) in [5.41, 5.74) is 8.58. The molecule has 0 fully saturated rings. The standard InChI is InChI=1S/C21H20ClN/c1-15-6-4-5-7-20(15)21-14-18(9-8-16(21)2)17-10-12-19(13-11-17)23(3)22/h4-14H,1-3H3. The van der Waals surface area contributed by atoms with E-state index in [0.717, 1.165) is 5.69 Å². The van der Waals surface area contributed by atoms with E-state index in [-0.39, 0.29) is 0 Å². The molecule has 0 aliphatic heterocycles. The van der Waals surface area contributed by atoms with Gasteiger partial charge in [0.2, 0.25) is 0 Å². The fourth-order valence-corrected chi connectivity index (χ4v) is 2.94. The van der Waals surface area contributed by atoms with Crippen LogP contribution < -0.4 is 4.42 Å². The SMILES string of the molecule is Cc1ccccc1-c1cc(-c2ccc(N(C)Cl)cc2)ccc1C. The monoisotopic (exact) mass is 321 g/mol. The lowest BCUT2D eigenvalue weighted by atomic mass is 9.93. The summed E-state index contributed by atoms with van der Waals surface area (Å²) in [7, 11) is 1.83. The van der Waals surface area contributed by atoms with Crippen molar-refractivity contribution in [2.75, 3.05) is 11.5 Å². The van der Waals surface area contributed by atoms with Crippen molar-refractivity contribution in [3.05, 3.63) is 77.9 Å². The van der Waals surface area contributed by atoms with Crippen LogP contribution >= 0.6 is 11.8 Å². The average Bonchev–Trinajstić information content (AvgIpc) is 2.56. The molecule has 116 valence electrons.